The summed E-state index contributed by atoms with van der Waals surface area (Å²) in [5, 5.41) is 6.15. The minimum Gasteiger partial charge on any atom is -0.324 e. The van der Waals surface area contributed by atoms with Crippen LogP contribution < -0.4 is 10.6 Å². The van der Waals surface area contributed by atoms with Gasteiger partial charge in [0.15, 0.2) is 0 Å². The average Bonchev–Trinajstić information content (AvgIpc) is 2.70. The van der Waals surface area contributed by atoms with E-state index in [4.69, 9.17) is 23.2 Å². The van der Waals surface area contributed by atoms with Crippen LogP contribution in [0.1, 0.15) is 19.3 Å². The van der Waals surface area contributed by atoms with Crippen molar-refractivity contribution in [1.82, 2.24) is 9.88 Å². The lowest BCUT2D eigenvalue weighted by Crippen LogP contribution is -2.39. The Labute approximate surface area is 178 Å². The average molecular weight is 439 g/mol. The summed E-state index contributed by atoms with van der Waals surface area (Å²) >= 11 is 11.5. The molecule has 2 heterocycles. The van der Waals surface area contributed by atoms with Crippen molar-refractivity contribution in [2.24, 2.45) is 5.92 Å². The Kier molecular flexibility index (Phi) is 7.41. The van der Waals surface area contributed by atoms with Crippen molar-refractivity contribution in [2.45, 2.75) is 19.3 Å². The van der Waals surface area contributed by atoms with Crippen molar-refractivity contribution in [2.75, 3.05) is 30.3 Å². The predicted octanol–water partition coefficient (Wildman–Crippen LogP) is 4.21. The number of nitrogens with one attached hydrogen (secondary N) is 2. The zero-order valence-electron chi connectivity index (χ0n) is 15.6. The minimum absolute atomic E-state index is 0.0598. The Morgan fingerprint density at radius 1 is 1.10 bits per heavy atom. The summed E-state index contributed by atoms with van der Waals surface area (Å²) in [6.45, 7) is 1.98. The normalized spacial score (nSPS) is 15.1. The second-order valence-electron chi connectivity index (χ2n) is 6.89. The maximum absolute atomic E-state index is 13.7. The Hall–Kier alpha value is -2.22. The molecule has 2 amide bonds. The van der Waals surface area contributed by atoms with Gasteiger partial charge < -0.3 is 15.5 Å². The van der Waals surface area contributed by atoms with Crippen LogP contribution in [0.25, 0.3) is 0 Å². The fourth-order valence-corrected chi connectivity index (χ4v) is 3.43. The van der Waals surface area contributed by atoms with Gasteiger partial charge in [0.2, 0.25) is 11.8 Å². The lowest BCUT2D eigenvalue weighted by atomic mass is 9.96. The van der Waals surface area contributed by atoms with E-state index < -0.39 is 5.82 Å². The van der Waals surface area contributed by atoms with Crippen LogP contribution in [-0.4, -0.2) is 41.3 Å². The van der Waals surface area contributed by atoms with Crippen molar-refractivity contribution in [3.8, 4) is 0 Å². The highest BCUT2D eigenvalue weighted by Gasteiger charge is 2.25. The molecule has 0 atom stereocenters. The summed E-state index contributed by atoms with van der Waals surface area (Å²) in [5.74, 6) is -0.503. The number of benzene rings is 1. The highest BCUT2D eigenvalue weighted by atomic mass is 35.5. The molecule has 2 N–H and O–H groups in total. The first-order valence-electron chi connectivity index (χ1n) is 9.30. The van der Waals surface area contributed by atoms with E-state index in [0.29, 0.717) is 43.3 Å². The zero-order chi connectivity index (χ0) is 20.8. The number of piperidine rings is 1. The van der Waals surface area contributed by atoms with Gasteiger partial charge in [-0.2, -0.15) is 0 Å². The van der Waals surface area contributed by atoms with Gasteiger partial charge in [-0.05, 0) is 56.3 Å². The molecule has 0 bridgehead atoms. The molecule has 1 aromatic carbocycles. The minimum atomic E-state index is -0.562. The fourth-order valence-electron chi connectivity index (χ4n) is 3.16. The van der Waals surface area contributed by atoms with E-state index >= 15 is 0 Å². The van der Waals surface area contributed by atoms with Gasteiger partial charge in [-0.1, -0.05) is 23.2 Å². The molecule has 0 saturated carbocycles. The van der Waals surface area contributed by atoms with Crippen LogP contribution in [0.3, 0.4) is 0 Å². The second-order valence-corrected chi connectivity index (χ2v) is 7.76. The summed E-state index contributed by atoms with van der Waals surface area (Å²) in [6.07, 6.45) is 3.13. The van der Waals surface area contributed by atoms with Crippen molar-refractivity contribution >= 4 is 46.5 Å². The largest absolute Gasteiger partial charge is 0.324 e. The molecule has 0 radical (unpaired) electrons. The molecular formula is C20H21Cl2FN4O2. The van der Waals surface area contributed by atoms with E-state index in [-0.39, 0.29) is 34.9 Å². The van der Waals surface area contributed by atoms with Crippen molar-refractivity contribution in [3.05, 3.63) is 52.4 Å². The molecule has 0 spiro atoms. The van der Waals surface area contributed by atoms with E-state index in [1.54, 1.807) is 12.1 Å². The first kappa shape index (κ1) is 21.5. The first-order valence-corrected chi connectivity index (χ1v) is 10.1. The molecule has 1 aliphatic rings. The van der Waals surface area contributed by atoms with Gasteiger partial charge in [0, 0.05) is 30.1 Å². The number of halogens is 3. The summed E-state index contributed by atoms with van der Waals surface area (Å²) in [4.78, 5) is 30.6. The van der Waals surface area contributed by atoms with Gasteiger partial charge in [-0.25, -0.2) is 9.37 Å². The quantitative estimate of drug-likeness (QED) is 0.708. The van der Waals surface area contributed by atoms with Crippen LogP contribution in [-0.2, 0) is 9.59 Å². The molecule has 1 aromatic heterocycles. The zero-order valence-corrected chi connectivity index (χ0v) is 17.1. The standard InChI is InChI=1S/C20H21Cl2FN4O2/c21-14-1-3-17(16(23)11-14)25-19(28)7-10-27-8-5-13(6-9-27)20(29)26-18-4-2-15(22)12-24-18/h1-4,11-13H,5-10H2,(H,25,28)(H,24,26,29). The van der Waals surface area contributed by atoms with E-state index in [1.807, 2.05) is 0 Å². The number of hydrogen-bond acceptors (Lipinski definition) is 4. The van der Waals surface area contributed by atoms with Gasteiger partial charge in [-0.15, -0.1) is 0 Å². The number of amides is 2. The topological polar surface area (TPSA) is 74.3 Å². The van der Waals surface area contributed by atoms with Crippen LogP contribution in [0.5, 0.6) is 0 Å². The fraction of sp³-hybridized carbons (Fsp3) is 0.350. The van der Waals surface area contributed by atoms with Crippen LogP contribution in [0.2, 0.25) is 10.0 Å². The van der Waals surface area contributed by atoms with E-state index in [2.05, 4.69) is 20.5 Å². The molecule has 1 saturated heterocycles. The van der Waals surface area contributed by atoms with Gasteiger partial charge in [0.1, 0.15) is 11.6 Å². The molecular weight excluding hydrogens is 418 g/mol. The Morgan fingerprint density at radius 3 is 2.48 bits per heavy atom. The number of carbonyl (C=O) groups is 2. The van der Waals surface area contributed by atoms with Crippen LogP contribution in [0.15, 0.2) is 36.5 Å². The molecule has 2 aromatic rings. The Morgan fingerprint density at radius 2 is 1.83 bits per heavy atom. The van der Waals surface area contributed by atoms with E-state index in [9.17, 15) is 14.0 Å². The number of aromatic nitrogens is 1. The molecule has 6 nitrogen and oxygen atoms in total. The Balaban J connectivity index is 1.39. The lowest BCUT2D eigenvalue weighted by Gasteiger charge is -2.31. The number of hydrogen-bond donors (Lipinski definition) is 2. The molecule has 0 unspecified atom stereocenters. The molecule has 29 heavy (non-hydrogen) atoms. The predicted molar refractivity (Wildman–Crippen MR) is 112 cm³/mol. The van der Waals surface area contributed by atoms with Gasteiger partial charge in [-0.3, -0.25) is 9.59 Å². The number of nitrogens with zero attached hydrogens (tertiary/aromatic N) is 2. The van der Waals surface area contributed by atoms with Crippen LogP contribution >= 0.6 is 23.2 Å². The van der Waals surface area contributed by atoms with Gasteiger partial charge in [0.05, 0.1) is 10.7 Å². The SMILES string of the molecule is O=C(CCN1CCC(C(=O)Nc2ccc(Cl)cn2)CC1)Nc1ccc(Cl)cc1F. The monoisotopic (exact) mass is 438 g/mol. The molecule has 0 aliphatic carbocycles. The first-order chi connectivity index (χ1) is 13.9. The molecule has 9 heteroatoms. The maximum Gasteiger partial charge on any atom is 0.228 e. The van der Waals surface area contributed by atoms with Gasteiger partial charge >= 0.3 is 0 Å². The molecule has 154 valence electrons. The summed E-state index contributed by atoms with van der Waals surface area (Å²) in [5.41, 5.74) is 0.116. The highest BCUT2D eigenvalue weighted by Crippen LogP contribution is 2.21. The molecule has 1 aliphatic heterocycles. The summed E-state index contributed by atoms with van der Waals surface area (Å²) < 4.78 is 13.7. The number of anilines is 2. The van der Waals surface area contributed by atoms with Gasteiger partial charge in [0.25, 0.3) is 0 Å². The van der Waals surface area contributed by atoms with Crippen LogP contribution in [0, 0.1) is 11.7 Å². The summed E-state index contributed by atoms with van der Waals surface area (Å²) in [6, 6.07) is 7.46. The number of rotatable bonds is 6. The summed E-state index contributed by atoms with van der Waals surface area (Å²) in [7, 11) is 0. The van der Waals surface area contributed by atoms with E-state index in [0.717, 1.165) is 6.07 Å². The lowest BCUT2D eigenvalue weighted by molar-refractivity contribution is -0.121. The molecule has 3 rings (SSSR count). The van der Waals surface area contributed by atoms with Crippen LogP contribution in [0.4, 0.5) is 15.9 Å². The third-order valence-electron chi connectivity index (χ3n) is 4.80. The van der Waals surface area contributed by atoms with Crippen molar-refractivity contribution in [1.29, 1.82) is 0 Å². The smallest absolute Gasteiger partial charge is 0.228 e. The highest BCUT2D eigenvalue weighted by molar-refractivity contribution is 6.30. The maximum atomic E-state index is 13.7. The third-order valence-corrected chi connectivity index (χ3v) is 5.26. The Bertz CT molecular complexity index is 871. The molecule has 1 fully saturated rings. The second kappa shape index (κ2) is 10.0. The van der Waals surface area contributed by atoms with Crippen molar-refractivity contribution in [3.63, 3.8) is 0 Å². The number of carbonyl (C=O) groups excluding carboxylic acids is 2. The number of likely N-dealkylation sites (tertiary alicyclic amines) is 1. The van der Waals surface area contributed by atoms with Crippen molar-refractivity contribution < 1.29 is 14.0 Å². The number of pyridine rings is 1. The van der Waals surface area contributed by atoms with E-state index in [1.165, 1.54) is 18.3 Å². The third kappa shape index (κ3) is 6.39.